The van der Waals surface area contributed by atoms with Gasteiger partial charge in [-0.1, -0.05) is 42.5 Å². The SMILES string of the molecule is Cc1nc(-c2cccc(NC(=O)CN3CCC4(CC3)CN(S(=O)(=O)Cc3ccccc3)C(C)(C)C4)c2)cs1. The number of thiazole rings is 1. The second-order valence-corrected chi connectivity index (χ2v) is 14.4. The molecule has 2 fully saturated rings. The van der Waals surface area contributed by atoms with Crippen LogP contribution in [0, 0.1) is 12.3 Å². The highest BCUT2D eigenvalue weighted by molar-refractivity contribution is 7.88. The summed E-state index contributed by atoms with van der Waals surface area (Å²) in [6.07, 6.45) is 2.62. The Hall–Kier alpha value is -2.59. The van der Waals surface area contributed by atoms with Gasteiger partial charge in [-0.2, -0.15) is 4.31 Å². The Balaban J connectivity index is 1.17. The second-order valence-electron chi connectivity index (χ2n) is 11.4. The van der Waals surface area contributed by atoms with Gasteiger partial charge in [-0.3, -0.25) is 9.69 Å². The number of hydrogen-bond donors (Lipinski definition) is 1. The number of aromatic nitrogens is 1. The topological polar surface area (TPSA) is 82.6 Å². The molecule has 0 radical (unpaired) electrons. The summed E-state index contributed by atoms with van der Waals surface area (Å²) in [4.78, 5) is 19.6. The molecule has 5 rings (SSSR count). The lowest BCUT2D eigenvalue weighted by Crippen LogP contribution is -2.45. The van der Waals surface area contributed by atoms with Crippen molar-refractivity contribution in [3.8, 4) is 11.3 Å². The number of nitrogens with zero attached hydrogens (tertiary/aromatic N) is 3. The van der Waals surface area contributed by atoms with Crippen LogP contribution in [0.5, 0.6) is 0 Å². The first-order valence-corrected chi connectivity index (χ1v) is 15.6. The highest BCUT2D eigenvalue weighted by atomic mass is 32.2. The largest absolute Gasteiger partial charge is 0.325 e. The molecule has 0 bridgehead atoms. The quantitative estimate of drug-likeness (QED) is 0.438. The summed E-state index contributed by atoms with van der Waals surface area (Å²) in [5.74, 6) is -0.00508. The molecule has 0 unspecified atom stereocenters. The number of aryl methyl sites for hydroxylation is 1. The molecular formula is C29H36N4O3S2. The number of carbonyl (C=O) groups is 1. The molecule has 3 aromatic rings. The fourth-order valence-corrected chi connectivity index (χ4v) is 8.77. The number of carbonyl (C=O) groups excluding carboxylic acids is 1. The van der Waals surface area contributed by atoms with Gasteiger partial charge in [-0.15, -0.1) is 11.3 Å². The third-order valence-electron chi connectivity index (χ3n) is 7.83. The number of amides is 1. The van der Waals surface area contributed by atoms with Crippen LogP contribution >= 0.6 is 11.3 Å². The number of nitrogens with one attached hydrogen (secondary N) is 1. The first-order chi connectivity index (χ1) is 18.0. The van der Waals surface area contributed by atoms with Crippen LogP contribution in [0.15, 0.2) is 60.0 Å². The molecule has 3 heterocycles. The molecule has 1 amide bonds. The number of anilines is 1. The Labute approximate surface area is 229 Å². The Bertz CT molecular complexity index is 1390. The van der Waals surface area contributed by atoms with Crippen LogP contribution in [0.4, 0.5) is 5.69 Å². The monoisotopic (exact) mass is 552 g/mol. The number of benzene rings is 2. The smallest absolute Gasteiger partial charge is 0.238 e. The first-order valence-electron chi connectivity index (χ1n) is 13.1. The standard InChI is InChI=1S/C29H36N4O3S2/c1-22-30-26(18-37-22)24-10-7-11-25(16-24)31-27(34)17-32-14-12-29(13-15-32)20-28(2,3)33(21-29)38(35,36)19-23-8-5-4-6-9-23/h4-11,16,18H,12-15,17,19-21H2,1-3H3,(H,31,34). The van der Waals surface area contributed by atoms with E-state index in [4.69, 9.17) is 0 Å². The third-order valence-corrected chi connectivity index (χ3v) is 10.6. The van der Waals surface area contributed by atoms with E-state index in [0.717, 1.165) is 59.9 Å². The van der Waals surface area contributed by atoms with E-state index >= 15 is 0 Å². The van der Waals surface area contributed by atoms with Crippen molar-refractivity contribution in [2.75, 3.05) is 31.5 Å². The molecule has 1 N–H and O–H groups in total. The number of sulfonamides is 1. The summed E-state index contributed by atoms with van der Waals surface area (Å²) in [6.45, 7) is 8.53. The molecule has 2 aliphatic heterocycles. The predicted molar refractivity (Wildman–Crippen MR) is 153 cm³/mol. The van der Waals surface area contributed by atoms with Gasteiger partial charge < -0.3 is 5.32 Å². The van der Waals surface area contributed by atoms with E-state index in [0.29, 0.717) is 13.1 Å². The predicted octanol–water partition coefficient (Wildman–Crippen LogP) is 5.15. The van der Waals surface area contributed by atoms with E-state index in [1.807, 2.05) is 80.7 Å². The van der Waals surface area contributed by atoms with Crippen molar-refractivity contribution < 1.29 is 13.2 Å². The van der Waals surface area contributed by atoms with Crippen LogP contribution < -0.4 is 5.32 Å². The molecule has 0 aliphatic carbocycles. The zero-order valence-electron chi connectivity index (χ0n) is 22.3. The van der Waals surface area contributed by atoms with Crippen molar-refractivity contribution >= 4 is 33.0 Å². The lowest BCUT2D eigenvalue weighted by atomic mass is 9.74. The fraction of sp³-hybridized carbons (Fsp3) is 0.448. The number of piperidine rings is 1. The minimum absolute atomic E-state index is 0.0307. The molecule has 1 aromatic heterocycles. The van der Waals surface area contributed by atoms with E-state index < -0.39 is 15.6 Å². The van der Waals surface area contributed by atoms with Crippen LogP contribution in [0.3, 0.4) is 0 Å². The van der Waals surface area contributed by atoms with Crippen molar-refractivity contribution in [2.45, 2.75) is 51.3 Å². The summed E-state index contributed by atoms with van der Waals surface area (Å²) in [5, 5.41) is 6.08. The number of rotatable bonds is 7. The molecule has 9 heteroatoms. The Morgan fingerprint density at radius 1 is 1.08 bits per heavy atom. The van der Waals surface area contributed by atoms with Crippen molar-refractivity contribution in [2.24, 2.45) is 5.41 Å². The lowest BCUT2D eigenvalue weighted by molar-refractivity contribution is -0.117. The van der Waals surface area contributed by atoms with Gasteiger partial charge in [0.05, 0.1) is 23.0 Å². The van der Waals surface area contributed by atoms with Gasteiger partial charge in [-0.25, -0.2) is 13.4 Å². The van der Waals surface area contributed by atoms with Gasteiger partial charge in [0.15, 0.2) is 0 Å². The minimum Gasteiger partial charge on any atom is -0.325 e. The van der Waals surface area contributed by atoms with Crippen LogP contribution in [0.2, 0.25) is 0 Å². The molecule has 2 saturated heterocycles. The van der Waals surface area contributed by atoms with E-state index in [9.17, 15) is 13.2 Å². The van der Waals surface area contributed by atoms with E-state index in [-0.39, 0.29) is 17.1 Å². The maximum Gasteiger partial charge on any atom is 0.238 e. The van der Waals surface area contributed by atoms with Gasteiger partial charge in [0.25, 0.3) is 0 Å². The van der Waals surface area contributed by atoms with Gasteiger partial charge in [0, 0.05) is 28.7 Å². The van der Waals surface area contributed by atoms with Gasteiger partial charge >= 0.3 is 0 Å². The number of hydrogen-bond acceptors (Lipinski definition) is 6. The zero-order chi connectivity index (χ0) is 27.0. The lowest BCUT2D eigenvalue weighted by Gasteiger charge is -2.39. The Morgan fingerprint density at radius 3 is 2.50 bits per heavy atom. The highest BCUT2D eigenvalue weighted by Crippen LogP contribution is 2.49. The second kappa shape index (κ2) is 10.5. The Kier molecular flexibility index (Phi) is 7.48. The summed E-state index contributed by atoms with van der Waals surface area (Å²) < 4.78 is 28.5. The summed E-state index contributed by atoms with van der Waals surface area (Å²) in [6, 6.07) is 17.2. The number of likely N-dealkylation sites (tertiary alicyclic amines) is 1. The van der Waals surface area contributed by atoms with Crippen LogP contribution in [-0.4, -0.2) is 60.2 Å². The summed E-state index contributed by atoms with van der Waals surface area (Å²) >= 11 is 1.61. The molecule has 1 spiro atoms. The average Bonchev–Trinajstić information content (AvgIpc) is 3.42. The maximum absolute atomic E-state index is 13.4. The van der Waals surface area contributed by atoms with Crippen molar-refractivity contribution in [3.63, 3.8) is 0 Å². The van der Waals surface area contributed by atoms with E-state index in [1.165, 1.54) is 0 Å². The molecule has 202 valence electrons. The third kappa shape index (κ3) is 6.01. The normalized spacial score (nSPS) is 19.6. The molecule has 2 aromatic carbocycles. The zero-order valence-corrected chi connectivity index (χ0v) is 23.9. The molecule has 2 aliphatic rings. The van der Waals surface area contributed by atoms with Gasteiger partial charge in [0.1, 0.15) is 0 Å². The van der Waals surface area contributed by atoms with Crippen LogP contribution in [0.1, 0.15) is 43.7 Å². The molecule has 0 atom stereocenters. The van der Waals surface area contributed by atoms with Crippen molar-refractivity contribution in [3.05, 3.63) is 70.5 Å². The summed E-state index contributed by atoms with van der Waals surface area (Å²) in [7, 11) is -3.43. The highest BCUT2D eigenvalue weighted by Gasteiger charge is 2.53. The Morgan fingerprint density at radius 2 is 1.82 bits per heavy atom. The van der Waals surface area contributed by atoms with Crippen molar-refractivity contribution in [1.29, 1.82) is 0 Å². The maximum atomic E-state index is 13.4. The average molecular weight is 553 g/mol. The van der Waals surface area contributed by atoms with Gasteiger partial charge in [-0.05, 0) is 76.2 Å². The van der Waals surface area contributed by atoms with Gasteiger partial charge in [0.2, 0.25) is 15.9 Å². The fourth-order valence-electron chi connectivity index (χ4n) is 6.09. The molecular weight excluding hydrogens is 516 g/mol. The van der Waals surface area contributed by atoms with Crippen LogP contribution in [0.25, 0.3) is 11.3 Å². The molecule has 38 heavy (non-hydrogen) atoms. The first kappa shape index (κ1) is 27.0. The van der Waals surface area contributed by atoms with Crippen LogP contribution in [-0.2, 0) is 20.6 Å². The molecule has 7 nitrogen and oxygen atoms in total. The van der Waals surface area contributed by atoms with Crippen molar-refractivity contribution in [1.82, 2.24) is 14.2 Å². The molecule has 0 saturated carbocycles. The summed E-state index contributed by atoms with van der Waals surface area (Å²) in [5.41, 5.74) is 3.03. The minimum atomic E-state index is -3.43. The van der Waals surface area contributed by atoms with E-state index in [1.54, 1.807) is 15.6 Å². The van der Waals surface area contributed by atoms with E-state index in [2.05, 4.69) is 15.2 Å².